The molecule has 0 radical (unpaired) electrons. The highest BCUT2D eigenvalue weighted by atomic mass is 16.3. The van der Waals surface area contributed by atoms with E-state index in [4.69, 9.17) is 0 Å². The van der Waals surface area contributed by atoms with Crippen molar-refractivity contribution in [2.24, 2.45) is 0 Å². The minimum atomic E-state index is -1.10. The molecule has 5 nitrogen and oxygen atoms in total. The molecule has 5 heteroatoms. The zero-order valence-corrected chi connectivity index (χ0v) is 38.2. The summed E-state index contributed by atoms with van der Waals surface area (Å²) in [5.74, 6) is -0.514. The maximum Gasteiger partial charge on any atom is 0.249 e. The molecule has 0 rings (SSSR count). The second-order valence-corrected chi connectivity index (χ2v) is 17.4. The van der Waals surface area contributed by atoms with Crippen molar-refractivity contribution in [1.82, 2.24) is 5.32 Å². The summed E-state index contributed by atoms with van der Waals surface area (Å²) in [4.78, 5) is 12.4. The van der Waals surface area contributed by atoms with Gasteiger partial charge in [-0.25, -0.2) is 0 Å². The highest BCUT2D eigenvalue weighted by molar-refractivity contribution is 5.80. The van der Waals surface area contributed by atoms with Gasteiger partial charge in [0.25, 0.3) is 0 Å². The topological polar surface area (TPSA) is 89.8 Å². The van der Waals surface area contributed by atoms with Crippen LogP contribution in [-0.2, 0) is 4.79 Å². The van der Waals surface area contributed by atoms with Crippen LogP contribution in [0, 0.1) is 0 Å². The van der Waals surface area contributed by atoms with E-state index < -0.39 is 24.2 Å². The molecule has 1 amide bonds. The standard InChI is InChI=1S/C52H99NO4/c1-3-5-7-9-11-13-14-15-16-17-18-19-20-21-22-23-24-25-26-27-28-29-30-31-32-33-34-35-36-37-39-41-43-45-47-51(56)52(57)53-49(48-54)50(55)46-44-42-40-38-12-10-8-6-4-2/h12,23-24,38,44,46,49-51,54-56H,3-11,13-22,25-37,39-43,45,47-48H2,1-2H3,(H,53,57)/b24-23-,38-12+,46-44+. The molecule has 4 N–H and O–H groups in total. The Hall–Kier alpha value is -1.43. The van der Waals surface area contributed by atoms with E-state index in [1.807, 2.05) is 6.08 Å². The molecule has 336 valence electrons. The monoisotopic (exact) mass is 802 g/mol. The van der Waals surface area contributed by atoms with Gasteiger partial charge >= 0.3 is 0 Å². The van der Waals surface area contributed by atoms with Crippen molar-refractivity contribution < 1.29 is 20.1 Å². The van der Waals surface area contributed by atoms with Crippen molar-refractivity contribution in [3.63, 3.8) is 0 Å². The van der Waals surface area contributed by atoms with Crippen LogP contribution in [0.15, 0.2) is 36.5 Å². The molecule has 3 atom stereocenters. The summed E-state index contributed by atoms with van der Waals surface area (Å²) in [6.45, 7) is 4.13. The summed E-state index contributed by atoms with van der Waals surface area (Å²) in [5.41, 5.74) is 0. The zero-order chi connectivity index (χ0) is 41.5. The van der Waals surface area contributed by atoms with Crippen LogP contribution in [0.1, 0.15) is 264 Å². The first-order valence-corrected chi connectivity index (χ1v) is 25.3. The van der Waals surface area contributed by atoms with E-state index >= 15 is 0 Å². The van der Waals surface area contributed by atoms with E-state index in [1.165, 1.54) is 205 Å². The van der Waals surface area contributed by atoms with E-state index in [1.54, 1.807) is 6.08 Å². The van der Waals surface area contributed by atoms with Gasteiger partial charge in [-0.15, -0.1) is 0 Å². The minimum absolute atomic E-state index is 0.376. The van der Waals surface area contributed by atoms with E-state index in [0.717, 1.165) is 38.5 Å². The van der Waals surface area contributed by atoms with Gasteiger partial charge in [0.2, 0.25) is 5.91 Å². The van der Waals surface area contributed by atoms with Gasteiger partial charge in [-0.3, -0.25) is 4.79 Å². The SMILES string of the molecule is CCCCC/C=C/CC/C=C/C(O)C(CO)NC(=O)C(O)CCCCCCCCCCCCCCCCCC/C=C\CCCCCCCCCCCCCCCC. The molecule has 0 aliphatic carbocycles. The molecule has 0 heterocycles. The molecular formula is C52H99NO4. The second kappa shape index (κ2) is 47.3. The highest BCUT2D eigenvalue weighted by Crippen LogP contribution is 2.16. The fourth-order valence-corrected chi connectivity index (χ4v) is 7.73. The third-order valence-corrected chi connectivity index (χ3v) is 11.7. The molecule has 0 saturated carbocycles. The Labute approximate surface area is 355 Å². The lowest BCUT2D eigenvalue weighted by Gasteiger charge is -2.21. The van der Waals surface area contributed by atoms with E-state index in [9.17, 15) is 20.1 Å². The quantitative estimate of drug-likeness (QED) is 0.0365. The first-order chi connectivity index (χ1) is 28.1. The summed E-state index contributed by atoms with van der Waals surface area (Å²) in [5, 5.41) is 33.0. The predicted octanol–water partition coefficient (Wildman–Crippen LogP) is 15.1. The molecule has 3 unspecified atom stereocenters. The molecule has 0 aromatic heterocycles. The number of rotatable bonds is 46. The maximum absolute atomic E-state index is 12.4. The maximum atomic E-state index is 12.4. The molecule has 0 fully saturated rings. The number of amides is 1. The highest BCUT2D eigenvalue weighted by Gasteiger charge is 2.22. The number of unbranched alkanes of at least 4 members (excludes halogenated alkanes) is 34. The Morgan fingerprint density at radius 2 is 0.719 bits per heavy atom. The molecule has 57 heavy (non-hydrogen) atoms. The minimum Gasteiger partial charge on any atom is -0.394 e. The number of aliphatic hydroxyl groups is 3. The van der Waals surface area contributed by atoms with Crippen molar-refractivity contribution in [3.05, 3.63) is 36.5 Å². The van der Waals surface area contributed by atoms with Gasteiger partial charge in [0.1, 0.15) is 6.10 Å². The van der Waals surface area contributed by atoms with E-state index in [-0.39, 0.29) is 6.61 Å². The second-order valence-electron chi connectivity index (χ2n) is 17.4. The number of aliphatic hydroxyl groups excluding tert-OH is 3. The lowest BCUT2D eigenvalue weighted by Crippen LogP contribution is -2.48. The zero-order valence-electron chi connectivity index (χ0n) is 38.2. The summed E-state index contributed by atoms with van der Waals surface area (Å²) in [6, 6.07) is -0.811. The van der Waals surface area contributed by atoms with Crippen LogP contribution in [0.5, 0.6) is 0 Å². The lowest BCUT2D eigenvalue weighted by atomic mass is 10.0. The summed E-state index contributed by atoms with van der Waals surface area (Å²) < 4.78 is 0. The molecule has 0 saturated heterocycles. The van der Waals surface area contributed by atoms with Gasteiger partial charge in [-0.2, -0.15) is 0 Å². The number of carbonyl (C=O) groups is 1. The largest absolute Gasteiger partial charge is 0.394 e. The van der Waals surface area contributed by atoms with Crippen molar-refractivity contribution in [2.75, 3.05) is 6.61 Å². The van der Waals surface area contributed by atoms with Crippen LogP contribution >= 0.6 is 0 Å². The fourth-order valence-electron chi connectivity index (χ4n) is 7.73. The average molecular weight is 802 g/mol. The fraction of sp³-hybridized carbons (Fsp3) is 0.865. The Balaban J connectivity index is 3.46. The number of hydrogen-bond donors (Lipinski definition) is 4. The van der Waals surface area contributed by atoms with Gasteiger partial charge in [0, 0.05) is 0 Å². The third-order valence-electron chi connectivity index (χ3n) is 11.7. The van der Waals surface area contributed by atoms with Crippen LogP contribution in [-0.4, -0.2) is 46.1 Å². The van der Waals surface area contributed by atoms with Gasteiger partial charge in [0.15, 0.2) is 0 Å². The molecule has 0 aromatic carbocycles. The van der Waals surface area contributed by atoms with E-state index in [0.29, 0.717) is 6.42 Å². The number of carbonyl (C=O) groups excluding carboxylic acids is 1. The molecular weight excluding hydrogens is 703 g/mol. The van der Waals surface area contributed by atoms with Gasteiger partial charge < -0.3 is 20.6 Å². The van der Waals surface area contributed by atoms with Crippen LogP contribution in [0.4, 0.5) is 0 Å². The first-order valence-electron chi connectivity index (χ1n) is 25.3. The predicted molar refractivity (Wildman–Crippen MR) is 250 cm³/mol. The first kappa shape index (κ1) is 55.6. The molecule has 0 aliphatic rings. The van der Waals surface area contributed by atoms with Crippen molar-refractivity contribution in [1.29, 1.82) is 0 Å². The van der Waals surface area contributed by atoms with Gasteiger partial charge in [-0.1, -0.05) is 243 Å². The Bertz CT molecular complexity index is 885. The van der Waals surface area contributed by atoms with Crippen molar-refractivity contribution in [3.8, 4) is 0 Å². The van der Waals surface area contributed by atoms with Crippen LogP contribution in [0.2, 0.25) is 0 Å². The van der Waals surface area contributed by atoms with Crippen molar-refractivity contribution in [2.45, 2.75) is 283 Å². The number of nitrogens with one attached hydrogen (secondary N) is 1. The van der Waals surface area contributed by atoms with Gasteiger partial charge in [-0.05, 0) is 57.8 Å². The van der Waals surface area contributed by atoms with Crippen molar-refractivity contribution >= 4 is 5.91 Å². The lowest BCUT2D eigenvalue weighted by molar-refractivity contribution is -0.131. The molecule has 0 spiro atoms. The normalized spacial score (nSPS) is 13.7. The molecule has 0 aliphatic heterocycles. The summed E-state index contributed by atoms with van der Waals surface area (Å²) in [6.07, 6.45) is 61.0. The van der Waals surface area contributed by atoms with Crippen LogP contribution < -0.4 is 5.32 Å². The van der Waals surface area contributed by atoms with Crippen LogP contribution in [0.25, 0.3) is 0 Å². The molecule has 0 aromatic rings. The third kappa shape index (κ3) is 42.5. The Morgan fingerprint density at radius 1 is 0.421 bits per heavy atom. The van der Waals surface area contributed by atoms with E-state index in [2.05, 4.69) is 43.5 Å². The summed E-state index contributed by atoms with van der Waals surface area (Å²) >= 11 is 0. The van der Waals surface area contributed by atoms with Crippen LogP contribution in [0.3, 0.4) is 0 Å². The summed E-state index contributed by atoms with van der Waals surface area (Å²) in [7, 11) is 0. The van der Waals surface area contributed by atoms with Gasteiger partial charge in [0.05, 0.1) is 18.8 Å². The molecule has 0 bridgehead atoms. The Kier molecular flexibility index (Phi) is 46.1. The average Bonchev–Trinajstić information content (AvgIpc) is 3.22. The number of allylic oxidation sites excluding steroid dienone is 5. The number of hydrogen-bond acceptors (Lipinski definition) is 4. The smallest absolute Gasteiger partial charge is 0.249 e. The Morgan fingerprint density at radius 3 is 1.11 bits per heavy atom.